The molecule has 0 spiro atoms. The molecule has 21 heavy (non-hydrogen) atoms. The summed E-state index contributed by atoms with van der Waals surface area (Å²) in [4.78, 5) is 25.8. The third-order valence-corrected chi connectivity index (χ3v) is 4.61. The van der Waals surface area contributed by atoms with E-state index in [1.165, 1.54) is 10.8 Å². The number of hydrogen-bond donors (Lipinski definition) is 2. The monoisotopic (exact) mass is 330 g/mol. The zero-order valence-electron chi connectivity index (χ0n) is 11.5. The molecule has 1 aromatic rings. The minimum absolute atomic E-state index is 0.00734. The molecular weight excluding hydrogens is 312 g/mol. The van der Waals surface area contributed by atoms with E-state index in [2.05, 4.69) is 10.3 Å². The van der Waals surface area contributed by atoms with Crippen molar-refractivity contribution in [1.82, 2.24) is 10.3 Å². The number of carboxylic acids is 1. The van der Waals surface area contributed by atoms with Gasteiger partial charge in [-0.25, -0.2) is 0 Å². The van der Waals surface area contributed by atoms with Gasteiger partial charge in [0.05, 0.1) is 18.7 Å². The highest BCUT2D eigenvalue weighted by Gasteiger charge is 2.02. The van der Waals surface area contributed by atoms with Crippen molar-refractivity contribution >= 4 is 33.5 Å². The predicted octanol–water partition coefficient (Wildman–Crippen LogP) is 1.57. The Morgan fingerprint density at radius 3 is 2.81 bits per heavy atom. The van der Waals surface area contributed by atoms with Gasteiger partial charge in [-0.15, -0.1) is 0 Å². The van der Waals surface area contributed by atoms with Crippen LogP contribution in [0.15, 0.2) is 24.4 Å². The molecule has 0 saturated carbocycles. The van der Waals surface area contributed by atoms with E-state index in [1.54, 1.807) is 17.0 Å². The summed E-state index contributed by atoms with van der Waals surface area (Å²) < 4.78 is 5.25. The van der Waals surface area contributed by atoms with Crippen LogP contribution < -0.4 is 5.32 Å². The van der Waals surface area contributed by atoms with Crippen molar-refractivity contribution in [2.45, 2.75) is 13.0 Å². The highest BCUT2D eigenvalue weighted by molar-refractivity contribution is 8.76. The van der Waals surface area contributed by atoms with E-state index in [0.29, 0.717) is 18.9 Å². The quantitative estimate of drug-likeness (QED) is 0.470. The van der Waals surface area contributed by atoms with Gasteiger partial charge in [0.1, 0.15) is 6.61 Å². The molecule has 0 unspecified atom stereocenters. The summed E-state index contributed by atoms with van der Waals surface area (Å²) >= 11 is 0. The summed E-state index contributed by atoms with van der Waals surface area (Å²) in [6.45, 7) is 0.859. The molecule has 0 aliphatic carbocycles. The van der Waals surface area contributed by atoms with Crippen LogP contribution in [0.5, 0.6) is 0 Å². The average molecular weight is 330 g/mol. The van der Waals surface area contributed by atoms with Crippen LogP contribution in [0, 0.1) is 0 Å². The molecule has 1 aromatic heterocycles. The number of nitrogens with zero attached hydrogens (tertiary/aromatic N) is 1. The largest absolute Gasteiger partial charge is 0.481 e. The number of carbonyl (C=O) groups excluding carboxylic acids is 1. The van der Waals surface area contributed by atoms with Crippen LogP contribution in [0.2, 0.25) is 0 Å². The van der Waals surface area contributed by atoms with Gasteiger partial charge in [0.15, 0.2) is 0 Å². The molecule has 0 radical (unpaired) electrons. The first-order chi connectivity index (χ1) is 10.2. The minimum atomic E-state index is -0.790. The van der Waals surface area contributed by atoms with Crippen molar-refractivity contribution in [3.63, 3.8) is 0 Å². The van der Waals surface area contributed by atoms with Crippen molar-refractivity contribution in [2.24, 2.45) is 0 Å². The maximum atomic E-state index is 11.5. The Morgan fingerprint density at radius 2 is 2.10 bits per heavy atom. The fourth-order valence-electron chi connectivity index (χ4n) is 1.26. The van der Waals surface area contributed by atoms with Crippen LogP contribution in [0.1, 0.15) is 12.1 Å². The van der Waals surface area contributed by atoms with Gasteiger partial charge in [-0.1, -0.05) is 27.7 Å². The zero-order valence-corrected chi connectivity index (χ0v) is 13.1. The fourth-order valence-corrected chi connectivity index (χ4v) is 3.15. The number of rotatable bonds is 11. The summed E-state index contributed by atoms with van der Waals surface area (Å²) in [5.74, 6) is 0.348. The number of carboxylic acid groups (broad SMARTS) is 1. The number of aliphatic carboxylic acids is 1. The lowest BCUT2D eigenvalue weighted by Gasteiger charge is -2.05. The van der Waals surface area contributed by atoms with Crippen LogP contribution in [0.25, 0.3) is 0 Å². The second-order valence-electron chi connectivity index (χ2n) is 3.95. The topological polar surface area (TPSA) is 88.5 Å². The molecule has 0 fully saturated rings. The maximum absolute atomic E-state index is 11.5. The second kappa shape index (κ2) is 11.4. The molecule has 8 heteroatoms. The summed E-state index contributed by atoms with van der Waals surface area (Å²) in [6.07, 6.45) is 1.84. The van der Waals surface area contributed by atoms with Gasteiger partial charge in [-0.2, -0.15) is 0 Å². The van der Waals surface area contributed by atoms with Gasteiger partial charge in [0, 0.05) is 24.2 Å². The van der Waals surface area contributed by atoms with Crippen LogP contribution in [-0.4, -0.2) is 46.6 Å². The lowest BCUT2D eigenvalue weighted by Crippen LogP contribution is -2.29. The van der Waals surface area contributed by atoms with Crippen molar-refractivity contribution in [3.8, 4) is 0 Å². The molecule has 2 N–H and O–H groups in total. The number of ether oxygens (including phenoxy) is 1. The van der Waals surface area contributed by atoms with Gasteiger partial charge >= 0.3 is 5.97 Å². The van der Waals surface area contributed by atoms with E-state index in [4.69, 9.17) is 9.84 Å². The standard InChI is InChI=1S/C13H18N2O4S2/c16-12(10-19-9-11-3-1-2-5-14-11)15-6-8-21-20-7-4-13(17)18/h1-3,5H,4,6-10H2,(H,15,16)(H,17,18). The molecule has 1 amide bonds. The predicted molar refractivity (Wildman–Crippen MR) is 84.1 cm³/mol. The first kappa shape index (κ1) is 17.8. The number of nitrogens with one attached hydrogen (secondary N) is 1. The van der Waals surface area contributed by atoms with Crippen LogP contribution in [0.4, 0.5) is 0 Å². The van der Waals surface area contributed by atoms with Crippen molar-refractivity contribution in [1.29, 1.82) is 0 Å². The Balaban J connectivity index is 1.93. The molecule has 0 aliphatic rings. The van der Waals surface area contributed by atoms with Crippen LogP contribution in [-0.2, 0) is 20.9 Å². The number of amides is 1. The molecule has 1 heterocycles. The van der Waals surface area contributed by atoms with Crippen molar-refractivity contribution < 1.29 is 19.4 Å². The molecule has 0 saturated heterocycles. The molecule has 0 bridgehead atoms. The van der Waals surface area contributed by atoms with Crippen LogP contribution >= 0.6 is 21.6 Å². The second-order valence-corrected chi connectivity index (χ2v) is 6.65. The highest BCUT2D eigenvalue weighted by atomic mass is 33.1. The molecule has 0 aliphatic heterocycles. The lowest BCUT2D eigenvalue weighted by molar-refractivity contribution is -0.136. The van der Waals surface area contributed by atoms with E-state index in [9.17, 15) is 9.59 Å². The molecule has 0 aromatic carbocycles. The Morgan fingerprint density at radius 1 is 1.29 bits per heavy atom. The lowest BCUT2D eigenvalue weighted by atomic mass is 10.4. The normalized spacial score (nSPS) is 10.3. The highest BCUT2D eigenvalue weighted by Crippen LogP contribution is 2.20. The van der Waals surface area contributed by atoms with Crippen LogP contribution in [0.3, 0.4) is 0 Å². The number of pyridine rings is 1. The first-order valence-corrected chi connectivity index (χ1v) is 8.88. The Hall–Kier alpha value is -1.25. The van der Waals surface area contributed by atoms with Gasteiger partial charge in [-0.3, -0.25) is 14.6 Å². The smallest absolute Gasteiger partial charge is 0.304 e. The SMILES string of the molecule is O=C(O)CCSSCCNC(=O)COCc1ccccn1. The molecule has 0 atom stereocenters. The first-order valence-electron chi connectivity index (χ1n) is 6.39. The summed E-state index contributed by atoms with van der Waals surface area (Å²) in [6, 6.07) is 5.52. The summed E-state index contributed by atoms with van der Waals surface area (Å²) in [5.41, 5.74) is 0.788. The fraction of sp³-hybridized carbons (Fsp3) is 0.462. The molecule has 1 rings (SSSR count). The average Bonchev–Trinajstić information content (AvgIpc) is 2.47. The van der Waals surface area contributed by atoms with E-state index < -0.39 is 5.97 Å². The van der Waals surface area contributed by atoms with E-state index in [1.807, 2.05) is 18.2 Å². The molecule has 116 valence electrons. The van der Waals surface area contributed by atoms with E-state index in [-0.39, 0.29) is 18.9 Å². The molecular formula is C13H18N2O4S2. The minimum Gasteiger partial charge on any atom is -0.481 e. The number of carbonyl (C=O) groups is 2. The third-order valence-electron chi connectivity index (χ3n) is 2.20. The summed E-state index contributed by atoms with van der Waals surface area (Å²) in [5, 5.41) is 11.2. The third kappa shape index (κ3) is 10.2. The Labute approximate surface area is 131 Å². The zero-order chi connectivity index (χ0) is 15.3. The van der Waals surface area contributed by atoms with Gasteiger partial charge < -0.3 is 15.2 Å². The number of hydrogen-bond acceptors (Lipinski definition) is 6. The van der Waals surface area contributed by atoms with E-state index in [0.717, 1.165) is 11.4 Å². The van der Waals surface area contributed by atoms with Gasteiger partial charge in [0.2, 0.25) is 5.91 Å². The number of aromatic nitrogens is 1. The Kier molecular flexibility index (Phi) is 9.68. The van der Waals surface area contributed by atoms with Crippen molar-refractivity contribution in [3.05, 3.63) is 30.1 Å². The maximum Gasteiger partial charge on any atom is 0.304 e. The Bertz CT molecular complexity index is 431. The van der Waals surface area contributed by atoms with Gasteiger partial charge in [-0.05, 0) is 12.1 Å². The van der Waals surface area contributed by atoms with E-state index >= 15 is 0 Å². The van der Waals surface area contributed by atoms with Crippen molar-refractivity contribution in [2.75, 3.05) is 24.7 Å². The van der Waals surface area contributed by atoms with Gasteiger partial charge in [0.25, 0.3) is 0 Å². The molecule has 6 nitrogen and oxygen atoms in total. The summed E-state index contributed by atoms with van der Waals surface area (Å²) in [7, 11) is 3.04.